The zero-order valence-electron chi connectivity index (χ0n) is 30.2. The topological polar surface area (TPSA) is 176 Å². The van der Waals surface area contributed by atoms with Crippen molar-refractivity contribution in [3.05, 3.63) is 72.2 Å². The number of nitrogens with one attached hydrogen (secondary N) is 4. The van der Waals surface area contributed by atoms with E-state index in [4.69, 9.17) is 9.47 Å². The van der Waals surface area contributed by atoms with Gasteiger partial charge in [-0.25, -0.2) is 14.2 Å². The summed E-state index contributed by atoms with van der Waals surface area (Å²) in [6.07, 6.45) is 3.97. The number of aromatic nitrogens is 5. The van der Waals surface area contributed by atoms with Gasteiger partial charge in [-0.15, -0.1) is 10.2 Å². The van der Waals surface area contributed by atoms with Crippen LogP contribution in [-0.4, -0.2) is 88.0 Å². The van der Waals surface area contributed by atoms with Gasteiger partial charge in [0.1, 0.15) is 23.3 Å². The van der Waals surface area contributed by atoms with Crippen molar-refractivity contribution < 1.29 is 28.2 Å². The summed E-state index contributed by atoms with van der Waals surface area (Å²) in [6.45, 7) is 8.69. The molecule has 2 aromatic carbocycles. The van der Waals surface area contributed by atoms with Crippen LogP contribution in [0.4, 0.5) is 20.7 Å². The van der Waals surface area contributed by atoms with Crippen LogP contribution in [0.15, 0.2) is 60.8 Å². The molecule has 4 N–H and O–H groups in total. The summed E-state index contributed by atoms with van der Waals surface area (Å²) in [5.74, 6) is 0.0155. The van der Waals surface area contributed by atoms with Gasteiger partial charge in [0.05, 0.1) is 13.2 Å². The van der Waals surface area contributed by atoms with Gasteiger partial charge in [0, 0.05) is 60.5 Å². The minimum absolute atomic E-state index is 0.0685. The number of anilines is 2. The molecule has 1 unspecified atom stereocenters. The van der Waals surface area contributed by atoms with Crippen LogP contribution in [0.2, 0.25) is 0 Å². The molecular formula is C38H46FN9O5. The molecule has 15 heteroatoms. The Morgan fingerprint density at radius 1 is 1.00 bits per heavy atom. The Balaban J connectivity index is 1.11. The van der Waals surface area contributed by atoms with Gasteiger partial charge in [-0.1, -0.05) is 12.1 Å². The largest absolute Gasteiger partial charge is 0.444 e. The lowest BCUT2D eigenvalue weighted by molar-refractivity contribution is -0.130. The average Bonchev–Trinajstić information content (AvgIpc) is 3.69. The minimum atomic E-state index is -0.981. The van der Waals surface area contributed by atoms with E-state index in [1.807, 2.05) is 32.9 Å². The second-order valence-corrected chi connectivity index (χ2v) is 14.5. The molecule has 1 aliphatic heterocycles. The number of benzene rings is 2. The molecule has 6 rings (SSSR count). The molecule has 53 heavy (non-hydrogen) atoms. The Labute approximate surface area is 307 Å². The molecule has 1 saturated heterocycles. The Hall–Kier alpha value is -5.44. The molecule has 2 aliphatic rings. The molecule has 1 saturated carbocycles. The second-order valence-electron chi connectivity index (χ2n) is 14.5. The van der Waals surface area contributed by atoms with Gasteiger partial charge in [0.15, 0.2) is 0 Å². The van der Waals surface area contributed by atoms with Gasteiger partial charge in [-0.3, -0.25) is 9.59 Å². The highest BCUT2D eigenvalue weighted by molar-refractivity contribution is 5.97. The van der Waals surface area contributed by atoms with Crippen LogP contribution in [0.1, 0.15) is 52.0 Å². The van der Waals surface area contributed by atoms with Crippen LogP contribution in [0.25, 0.3) is 22.5 Å². The lowest BCUT2D eigenvalue weighted by Gasteiger charge is -2.29. The van der Waals surface area contributed by atoms with Crippen molar-refractivity contribution in [2.24, 2.45) is 11.8 Å². The first-order valence-corrected chi connectivity index (χ1v) is 18.0. The molecule has 1 aliphatic carbocycles. The van der Waals surface area contributed by atoms with Crippen LogP contribution in [0.5, 0.6) is 0 Å². The van der Waals surface area contributed by atoms with Crippen LogP contribution < -0.4 is 20.9 Å². The number of halogens is 1. The third-order valence-corrected chi connectivity index (χ3v) is 9.41. The minimum Gasteiger partial charge on any atom is -0.444 e. The lowest BCUT2D eigenvalue weighted by atomic mass is 9.81. The van der Waals surface area contributed by atoms with Crippen LogP contribution in [0, 0.1) is 17.7 Å². The van der Waals surface area contributed by atoms with E-state index in [1.165, 1.54) is 6.07 Å². The molecule has 0 spiro atoms. The van der Waals surface area contributed by atoms with E-state index in [0.717, 1.165) is 31.7 Å². The quantitative estimate of drug-likeness (QED) is 0.166. The van der Waals surface area contributed by atoms with E-state index in [2.05, 4.69) is 46.5 Å². The SMILES string of the molecule is CC(C)(C)OC(=O)NCC1CCC(C(=O)NC(Cc2ccc(-c3ccc(N4CCOCC4)nc3)c(F)c2)C(=O)Nc2ccc(-c3nn[nH]n3)cc2)CC1. The van der Waals surface area contributed by atoms with E-state index in [1.54, 1.807) is 42.6 Å². The number of carbonyl (C=O) groups is 3. The number of hydrogen-bond acceptors (Lipinski definition) is 10. The molecule has 2 fully saturated rings. The standard InChI is InChI=1S/C38H46FN9O5/c1-38(2,3)53-37(51)41-22-24-4-7-27(8-5-24)35(49)43-32(36(50)42-29-12-9-26(10-13-29)34-44-46-47-45-34)21-25-6-14-30(31(39)20-25)28-11-15-33(40-23-28)48-16-18-52-19-17-48/h6,9-15,20,23-24,27,32H,4-5,7-8,16-19,21-22H2,1-3H3,(H,41,51)(H,42,50)(H,43,49)(H,44,45,46,47). The molecule has 2 aromatic heterocycles. The van der Waals surface area contributed by atoms with E-state index in [-0.39, 0.29) is 24.2 Å². The maximum atomic E-state index is 15.6. The van der Waals surface area contributed by atoms with Crippen LogP contribution >= 0.6 is 0 Å². The van der Waals surface area contributed by atoms with Gasteiger partial charge < -0.3 is 30.3 Å². The van der Waals surface area contributed by atoms with Gasteiger partial charge in [-0.05, 0) is 106 Å². The highest BCUT2D eigenvalue weighted by Crippen LogP contribution is 2.30. The number of pyridine rings is 1. The van der Waals surface area contributed by atoms with Crippen molar-refractivity contribution >= 4 is 29.4 Å². The highest BCUT2D eigenvalue weighted by atomic mass is 19.1. The first-order valence-electron chi connectivity index (χ1n) is 18.0. The highest BCUT2D eigenvalue weighted by Gasteiger charge is 2.30. The van der Waals surface area contributed by atoms with Gasteiger partial charge >= 0.3 is 6.09 Å². The first kappa shape index (κ1) is 37.3. The summed E-state index contributed by atoms with van der Waals surface area (Å²) < 4.78 is 26.4. The van der Waals surface area contributed by atoms with E-state index in [9.17, 15) is 14.4 Å². The molecule has 3 heterocycles. The fourth-order valence-corrected chi connectivity index (χ4v) is 6.57. The van der Waals surface area contributed by atoms with Crippen molar-refractivity contribution in [1.82, 2.24) is 36.2 Å². The summed E-state index contributed by atoms with van der Waals surface area (Å²) in [7, 11) is 0. The summed E-state index contributed by atoms with van der Waals surface area (Å²) in [5, 5.41) is 22.6. The number of rotatable bonds is 11. The molecular weight excluding hydrogens is 681 g/mol. The number of nitrogens with zero attached hydrogens (tertiary/aromatic N) is 5. The summed E-state index contributed by atoms with van der Waals surface area (Å²) in [6, 6.07) is 14.5. The van der Waals surface area contributed by atoms with Crippen LogP contribution in [-0.2, 0) is 25.5 Å². The monoisotopic (exact) mass is 727 g/mol. The maximum Gasteiger partial charge on any atom is 0.407 e. The Bertz CT molecular complexity index is 1840. The van der Waals surface area contributed by atoms with Crippen molar-refractivity contribution in [3.8, 4) is 22.5 Å². The van der Waals surface area contributed by atoms with Gasteiger partial charge in [0.25, 0.3) is 0 Å². The smallest absolute Gasteiger partial charge is 0.407 e. The molecule has 1 atom stereocenters. The van der Waals surface area contributed by atoms with Crippen LogP contribution in [0.3, 0.4) is 0 Å². The first-order chi connectivity index (χ1) is 25.5. The fourth-order valence-electron chi connectivity index (χ4n) is 6.57. The second kappa shape index (κ2) is 16.9. The van der Waals surface area contributed by atoms with E-state index >= 15 is 4.39 Å². The van der Waals surface area contributed by atoms with E-state index in [0.29, 0.717) is 66.4 Å². The normalized spacial score (nSPS) is 18.2. The molecule has 4 aromatic rings. The maximum absolute atomic E-state index is 15.6. The Kier molecular flexibility index (Phi) is 11.9. The van der Waals surface area contributed by atoms with Crippen molar-refractivity contribution in [1.29, 1.82) is 0 Å². The third kappa shape index (κ3) is 10.3. The van der Waals surface area contributed by atoms with Crippen molar-refractivity contribution in [3.63, 3.8) is 0 Å². The number of ether oxygens (including phenoxy) is 2. The van der Waals surface area contributed by atoms with Gasteiger partial charge in [-0.2, -0.15) is 5.21 Å². The zero-order valence-corrected chi connectivity index (χ0v) is 30.2. The van der Waals surface area contributed by atoms with Gasteiger partial charge in [0.2, 0.25) is 17.6 Å². The Morgan fingerprint density at radius 2 is 1.74 bits per heavy atom. The number of alkyl carbamates (subject to hydrolysis) is 1. The predicted octanol–water partition coefficient (Wildman–Crippen LogP) is 4.90. The number of hydrogen-bond donors (Lipinski definition) is 4. The van der Waals surface area contributed by atoms with Crippen molar-refractivity contribution in [2.45, 2.75) is 64.5 Å². The average molecular weight is 728 g/mol. The molecule has 0 radical (unpaired) electrons. The van der Waals surface area contributed by atoms with Crippen molar-refractivity contribution in [2.75, 3.05) is 43.1 Å². The number of aromatic amines is 1. The third-order valence-electron chi connectivity index (χ3n) is 9.41. The van der Waals surface area contributed by atoms with E-state index < -0.39 is 29.5 Å². The summed E-state index contributed by atoms with van der Waals surface area (Å²) >= 11 is 0. The summed E-state index contributed by atoms with van der Waals surface area (Å²) in [4.78, 5) is 46.2. The number of H-pyrrole nitrogens is 1. The summed E-state index contributed by atoms with van der Waals surface area (Å²) in [5.41, 5.74) is 2.21. The Morgan fingerprint density at radius 3 is 2.38 bits per heavy atom. The lowest BCUT2D eigenvalue weighted by Crippen LogP contribution is -2.48. The molecule has 0 bridgehead atoms. The fraction of sp³-hybridized carbons (Fsp3) is 0.447. The molecule has 14 nitrogen and oxygen atoms in total. The zero-order chi connectivity index (χ0) is 37.4. The number of amides is 3. The molecule has 280 valence electrons. The number of morpholine rings is 1. The number of carbonyl (C=O) groups excluding carboxylic acids is 3. The predicted molar refractivity (Wildman–Crippen MR) is 196 cm³/mol. The number of tetrazole rings is 1. The molecule has 3 amide bonds.